The Balaban J connectivity index is 1.25. The van der Waals surface area contributed by atoms with Crippen LogP contribution in [0.15, 0.2) is 30.3 Å². The molecule has 1 unspecified atom stereocenters. The van der Waals surface area contributed by atoms with Crippen LogP contribution in [0.25, 0.3) is 0 Å². The quantitative estimate of drug-likeness (QED) is 0.869. The molecule has 3 atom stereocenters. The molecule has 4 nitrogen and oxygen atoms in total. The lowest BCUT2D eigenvalue weighted by molar-refractivity contribution is -0.137. The van der Waals surface area contributed by atoms with E-state index in [4.69, 9.17) is 0 Å². The summed E-state index contributed by atoms with van der Waals surface area (Å²) in [7, 11) is 0. The zero-order valence-electron chi connectivity index (χ0n) is 16.4. The molecule has 2 aliphatic heterocycles. The minimum atomic E-state index is 0.312. The molecule has 1 N–H and O–H groups in total. The van der Waals surface area contributed by atoms with E-state index in [9.17, 15) is 4.79 Å². The second-order valence-corrected chi connectivity index (χ2v) is 9.24. The lowest BCUT2D eigenvalue weighted by Gasteiger charge is -2.45. The minimum absolute atomic E-state index is 0.312. The molecule has 2 aliphatic carbocycles. The van der Waals surface area contributed by atoms with Gasteiger partial charge in [-0.25, -0.2) is 0 Å². The second kappa shape index (κ2) is 7.56. The van der Waals surface area contributed by atoms with E-state index in [0.29, 0.717) is 17.9 Å². The third kappa shape index (κ3) is 3.66. The van der Waals surface area contributed by atoms with Crippen molar-refractivity contribution < 1.29 is 4.79 Å². The molecule has 1 amide bonds. The standard InChI is InChI=1S/C23H33N3O/c27-23(18-6-7-18)26(16-17-4-2-1-3-5-17)21-10-12-25(13-11-21)22-19-8-9-20(22)15-24-14-19/h1-5,18-22,24H,6-16H2/t19-,20+,22?. The smallest absolute Gasteiger partial charge is 0.226 e. The van der Waals surface area contributed by atoms with Crippen molar-refractivity contribution in [1.82, 2.24) is 15.1 Å². The lowest BCUT2D eigenvalue weighted by atomic mass is 9.89. The van der Waals surface area contributed by atoms with Crippen LogP contribution in [0, 0.1) is 17.8 Å². The Kier molecular flexibility index (Phi) is 4.95. The van der Waals surface area contributed by atoms with E-state index < -0.39 is 0 Å². The average Bonchev–Trinajstić information content (AvgIpc) is 3.53. The number of benzene rings is 1. The van der Waals surface area contributed by atoms with Crippen molar-refractivity contribution in [3.8, 4) is 0 Å². The van der Waals surface area contributed by atoms with Gasteiger partial charge in [-0.2, -0.15) is 0 Å². The molecule has 27 heavy (non-hydrogen) atoms. The first kappa shape index (κ1) is 17.7. The fourth-order valence-electron chi connectivity index (χ4n) is 5.88. The van der Waals surface area contributed by atoms with E-state index in [0.717, 1.165) is 50.1 Å². The van der Waals surface area contributed by atoms with Gasteiger partial charge in [-0.05, 0) is 69.0 Å². The number of carbonyl (C=O) groups excluding carboxylic acids is 1. The molecule has 4 heteroatoms. The van der Waals surface area contributed by atoms with Crippen LogP contribution in [0.5, 0.6) is 0 Å². The molecule has 2 saturated carbocycles. The molecule has 5 rings (SSSR count). The Labute approximate surface area is 163 Å². The molecule has 4 aliphatic rings. The molecular weight excluding hydrogens is 334 g/mol. The molecule has 4 fully saturated rings. The molecule has 146 valence electrons. The van der Waals surface area contributed by atoms with Crippen LogP contribution >= 0.6 is 0 Å². The first-order chi connectivity index (χ1) is 13.3. The highest BCUT2D eigenvalue weighted by Crippen LogP contribution is 2.39. The maximum Gasteiger partial charge on any atom is 0.226 e. The van der Waals surface area contributed by atoms with Gasteiger partial charge in [0.15, 0.2) is 0 Å². The van der Waals surface area contributed by atoms with Gasteiger partial charge in [-0.1, -0.05) is 30.3 Å². The number of hydrogen-bond acceptors (Lipinski definition) is 3. The van der Waals surface area contributed by atoms with Crippen molar-refractivity contribution in [2.75, 3.05) is 26.2 Å². The number of rotatable bonds is 5. The monoisotopic (exact) mass is 367 g/mol. The van der Waals surface area contributed by atoms with Crippen LogP contribution in [-0.2, 0) is 11.3 Å². The van der Waals surface area contributed by atoms with Gasteiger partial charge in [0.25, 0.3) is 0 Å². The van der Waals surface area contributed by atoms with Gasteiger partial charge >= 0.3 is 0 Å². The van der Waals surface area contributed by atoms with Gasteiger partial charge in [0.1, 0.15) is 0 Å². The van der Waals surface area contributed by atoms with Crippen LogP contribution in [0.2, 0.25) is 0 Å². The highest BCUT2D eigenvalue weighted by molar-refractivity contribution is 5.81. The summed E-state index contributed by atoms with van der Waals surface area (Å²) in [6.07, 6.45) is 7.30. The molecular formula is C23H33N3O. The predicted octanol–water partition coefficient (Wildman–Crippen LogP) is 2.89. The summed E-state index contributed by atoms with van der Waals surface area (Å²) in [5, 5.41) is 3.62. The van der Waals surface area contributed by atoms with Gasteiger partial charge in [0.05, 0.1) is 0 Å². The van der Waals surface area contributed by atoms with Gasteiger partial charge in [0, 0.05) is 37.6 Å². The van der Waals surface area contributed by atoms with Gasteiger partial charge < -0.3 is 10.2 Å². The van der Waals surface area contributed by atoms with Crippen molar-refractivity contribution in [1.29, 1.82) is 0 Å². The number of likely N-dealkylation sites (tertiary alicyclic amines) is 1. The summed E-state index contributed by atoms with van der Waals surface area (Å²) in [5.74, 6) is 2.44. The zero-order valence-corrected chi connectivity index (χ0v) is 16.4. The van der Waals surface area contributed by atoms with Crippen LogP contribution in [0.1, 0.15) is 44.1 Å². The van der Waals surface area contributed by atoms with Crippen LogP contribution in [0.4, 0.5) is 0 Å². The van der Waals surface area contributed by atoms with Gasteiger partial charge in [-0.15, -0.1) is 0 Å². The second-order valence-electron chi connectivity index (χ2n) is 9.24. The normalized spacial score (nSPS) is 31.8. The summed E-state index contributed by atoms with van der Waals surface area (Å²) in [6.45, 7) is 5.55. The number of hydrogen-bond donors (Lipinski definition) is 1. The average molecular weight is 368 g/mol. The number of piperidine rings is 2. The van der Waals surface area contributed by atoms with Crippen LogP contribution in [0.3, 0.4) is 0 Å². The molecule has 2 saturated heterocycles. The number of nitrogens with zero attached hydrogens (tertiary/aromatic N) is 2. The lowest BCUT2D eigenvalue weighted by Crippen LogP contribution is -2.55. The van der Waals surface area contributed by atoms with E-state index in [2.05, 4.69) is 45.4 Å². The van der Waals surface area contributed by atoms with E-state index in [1.165, 1.54) is 44.6 Å². The number of carbonyl (C=O) groups is 1. The van der Waals surface area contributed by atoms with Crippen molar-refractivity contribution in [2.45, 2.75) is 57.2 Å². The molecule has 0 radical (unpaired) electrons. The maximum atomic E-state index is 13.0. The third-order valence-electron chi connectivity index (χ3n) is 7.45. The van der Waals surface area contributed by atoms with Crippen molar-refractivity contribution in [2.24, 2.45) is 17.8 Å². The first-order valence-electron chi connectivity index (χ1n) is 11.1. The highest BCUT2D eigenvalue weighted by atomic mass is 16.2. The fourth-order valence-corrected chi connectivity index (χ4v) is 5.88. The van der Waals surface area contributed by atoms with Crippen LogP contribution < -0.4 is 5.32 Å². The Morgan fingerprint density at radius 2 is 1.63 bits per heavy atom. The van der Waals surface area contributed by atoms with E-state index in [1.54, 1.807) is 0 Å². The largest absolute Gasteiger partial charge is 0.335 e. The highest BCUT2D eigenvalue weighted by Gasteiger charge is 2.44. The predicted molar refractivity (Wildman–Crippen MR) is 107 cm³/mol. The molecule has 1 aromatic carbocycles. The maximum absolute atomic E-state index is 13.0. The summed E-state index contributed by atoms with van der Waals surface area (Å²) in [4.78, 5) is 18.0. The van der Waals surface area contributed by atoms with Crippen LogP contribution in [-0.4, -0.2) is 54.0 Å². The number of nitrogens with one attached hydrogen (secondary N) is 1. The molecule has 2 bridgehead atoms. The SMILES string of the molecule is O=C(C1CC1)N(Cc1ccccc1)C1CCN(C2[C@@H]3CC[C@H]2CNC3)CC1. The van der Waals surface area contributed by atoms with Gasteiger partial charge in [-0.3, -0.25) is 9.69 Å². The Bertz CT molecular complexity index is 635. The van der Waals surface area contributed by atoms with Crippen molar-refractivity contribution in [3.05, 3.63) is 35.9 Å². The first-order valence-corrected chi connectivity index (χ1v) is 11.1. The number of amides is 1. The molecule has 2 heterocycles. The van der Waals surface area contributed by atoms with E-state index in [1.807, 2.05) is 0 Å². The Morgan fingerprint density at radius 3 is 2.26 bits per heavy atom. The summed E-state index contributed by atoms with van der Waals surface area (Å²) in [5.41, 5.74) is 1.27. The zero-order chi connectivity index (χ0) is 18.2. The third-order valence-corrected chi connectivity index (χ3v) is 7.45. The molecule has 1 aromatic rings. The van der Waals surface area contributed by atoms with Crippen molar-refractivity contribution >= 4 is 5.91 Å². The summed E-state index contributed by atoms with van der Waals surface area (Å²) in [6, 6.07) is 11.8. The molecule has 0 spiro atoms. The molecule has 0 aromatic heterocycles. The van der Waals surface area contributed by atoms with E-state index >= 15 is 0 Å². The fraction of sp³-hybridized carbons (Fsp3) is 0.696. The summed E-state index contributed by atoms with van der Waals surface area (Å²) < 4.78 is 0. The Hall–Kier alpha value is -1.39. The summed E-state index contributed by atoms with van der Waals surface area (Å²) >= 11 is 0. The van der Waals surface area contributed by atoms with Crippen molar-refractivity contribution in [3.63, 3.8) is 0 Å². The Morgan fingerprint density at radius 1 is 0.963 bits per heavy atom. The minimum Gasteiger partial charge on any atom is -0.335 e. The topological polar surface area (TPSA) is 35.6 Å². The van der Waals surface area contributed by atoms with E-state index in [-0.39, 0.29) is 0 Å². The number of fused-ring (bicyclic) bond motifs is 2. The van der Waals surface area contributed by atoms with Gasteiger partial charge in [0.2, 0.25) is 5.91 Å².